The largest absolute Gasteiger partial charge is 0.468 e. The third-order valence-electron chi connectivity index (χ3n) is 7.13. The molecule has 0 saturated heterocycles. The molecule has 9 heteroatoms. The number of nitrogens with zero attached hydrogens (tertiary/aromatic N) is 2. The van der Waals surface area contributed by atoms with Gasteiger partial charge < -0.3 is 9.47 Å². The molecule has 1 aliphatic rings. The van der Waals surface area contributed by atoms with Crippen molar-refractivity contribution >= 4 is 29.5 Å². The van der Waals surface area contributed by atoms with E-state index in [2.05, 4.69) is 10.4 Å². The van der Waals surface area contributed by atoms with Crippen molar-refractivity contribution in [3.05, 3.63) is 94.9 Å². The summed E-state index contributed by atoms with van der Waals surface area (Å²) in [5.41, 5.74) is 2.87. The van der Waals surface area contributed by atoms with Gasteiger partial charge in [0.15, 0.2) is 0 Å². The molecule has 4 aromatic rings. The number of amides is 1. The molecule has 0 aliphatic heterocycles. The number of carbonyl (C=O) groups is 2. The number of aromatic nitrogens is 2. The molecular formula is C30H27ClFN3O4. The molecule has 1 fully saturated rings. The Morgan fingerprint density at radius 1 is 1.05 bits per heavy atom. The van der Waals surface area contributed by atoms with E-state index in [0.29, 0.717) is 21.7 Å². The highest BCUT2D eigenvalue weighted by Gasteiger charge is 2.52. The van der Waals surface area contributed by atoms with Gasteiger partial charge in [0.2, 0.25) is 0 Å². The summed E-state index contributed by atoms with van der Waals surface area (Å²) in [7, 11) is 3.02. The van der Waals surface area contributed by atoms with Crippen molar-refractivity contribution in [1.82, 2.24) is 9.78 Å². The fourth-order valence-electron chi connectivity index (χ4n) is 4.74. The quantitative estimate of drug-likeness (QED) is 0.250. The van der Waals surface area contributed by atoms with Gasteiger partial charge in [-0.1, -0.05) is 66.2 Å². The zero-order chi connectivity index (χ0) is 27.7. The Labute approximate surface area is 230 Å². The molecule has 1 N–H and O–H groups in total. The van der Waals surface area contributed by atoms with Gasteiger partial charge in [0.25, 0.3) is 0 Å². The number of halogens is 2. The van der Waals surface area contributed by atoms with Gasteiger partial charge in [0, 0.05) is 28.8 Å². The molecule has 1 aromatic heterocycles. The highest BCUT2D eigenvalue weighted by atomic mass is 35.5. The Kier molecular flexibility index (Phi) is 7.14. The number of rotatable bonds is 7. The lowest BCUT2D eigenvalue weighted by molar-refractivity contribution is -0.143. The molecule has 1 heterocycles. The van der Waals surface area contributed by atoms with Crippen LogP contribution in [-0.2, 0) is 26.7 Å². The van der Waals surface area contributed by atoms with E-state index in [9.17, 15) is 9.59 Å². The Hall–Kier alpha value is -4.17. The normalized spacial score (nSPS) is 14.4. The maximum absolute atomic E-state index is 15.5. The van der Waals surface area contributed by atoms with Gasteiger partial charge in [-0.15, -0.1) is 0 Å². The van der Waals surface area contributed by atoms with Crippen molar-refractivity contribution in [3.8, 4) is 22.3 Å². The minimum absolute atomic E-state index is 0.183. The van der Waals surface area contributed by atoms with Crippen LogP contribution in [0.2, 0.25) is 5.02 Å². The van der Waals surface area contributed by atoms with Gasteiger partial charge in [-0.25, -0.2) is 9.18 Å². The van der Waals surface area contributed by atoms with Crippen molar-refractivity contribution < 1.29 is 23.5 Å². The van der Waals surface area contributed by atoms with Crippen molar-refractivity contribution in [2.75, 3.05) is 12.4 Å². The van der Waals surface area contributed by atoms with Crippen LogP contribution in [0.4, 0.5) is 15.0 Å². The highest BCUT2D eigenvalue weighted by Crippen LogP contribution is 2.49. The second kappa shape index (κ2) is 10.5. The van der Waals surface area contributed by atoms with Crippen LogP contribution in [-0.4, -0.2) is 29.0 Å². The monoisotopic (exact) mass is 547 g/mol. The second-order valence-corrected chi connectivity index (χ2v) is 9.98. The first-order valence-corrected chi connectivity index (χ1v) is 12.8. The smallest absolute Gasteiger partial charge is 0.413 e. The third-order valence-corrected chi connectivity index (χ3v) is 7.45. The molecule has 1 amide bonds. The average Bonchev–Trinajstić information content (AvgIpc) is 3.69. The minimum Gasteiger partial charge on any atom is -0.468 e. The van der Waals surface area contributed by atoms with Gasteiger partial charge in [-0.05, 0) is 48.6 Å². The van der Waals surface area contributed by atoms with E-state index in [4.69, 9.17) is 21.1 Å². The number of ether oxygens (including phenoxy) is 2. The molecule has 0 radical (unpaired) electrons. The van der Waals surface area contributed by atoms with Crippen LogP contribution >= 0.6 is 11.6 Å². The summed E-state index contributed by atoms with van der Waals surface area (Å²) in [6, 6.07) is 19.5. The molecule has 3 aromatic carbocycles. The lowest BCUT2D eigenvalue weighted by Crippen LogP contribution is -2.21. The Morgan fingerprint density at radius 3 is 2.38 bits per heavy atom. The number of nitrogens with one attached hydrogen (secondary N) is 1. The van der Waals surface area contributed by atoms with Gasteiger partial charge >= 0.3 is 12.1 Å². The fourth-order valence-corrected chi connectivity index (χ4v) is 5.01. The molecule has 1 unspecified atom stereocenters. The minimum atomic E-state index is -0.695. The second-order valence-electron chi connectivity index (χ2n) is 9.58. The topological polar surface area (TPSA) is 82.5 Å². The number of benzene rings is 3. The van der Waals surface area contributed by atoms with Crippen molar-refractivity contribution in [3.63, 3.8) is 0 Å². The predicted octanol–water partition coefficient (Wildman–Crippen LogP) is 7.06. The number of hydrogen-bond donors (Lipinski definition) is 1. The Balaban J connectivity index is 1.38. The van der Waals surface area contributed by atoms with Crippen LogP contribution in [0.15, 0.2) is 72.9 Å². The van der Waals surface area contributed by atoms with E-state index in [0.717, 1.165) is 24.0 Å². The number of aryl methyl sites for hydroxylation is 1. The molecule has 1 atom stereocenters. The zero-order valence-corrected chi connectivity index (χ0v) is 22.5. The number of carbonyl (C=O) groups excluding carboxylic acids is 2. The molecule has 7 nitrogen and oxygen atoms in total. The average molecular weight is 548 g/mol. The van der Waals surface area contributed by atoms with E-state index in [1.165, 1.54) is 30.1 Å². The highest BCUT2D eigenvalue weighted by molar-refractivity contribution is 6.33. The SMILES string of the molecule is COC(=O)C1(c2ccc(-c3cc(F)c(-c4cnn(C)c4NC(=O)OC(C)c4ccccc4)cc3Cl)cc2)CC1. The maximum atomic E-state index is 15.5. The summed E-state index contributed by atoms with van der Waals surface area (Å²) in [4.78, 5) is 24.9. The van der Waals surface area contributed by atoms with Crippen LogP contribution in [0, 0.1) is 5.82 Å². The Morgan fingerprint density at radius 2 is 1.74 bits per heavy atom. The van der Waals surface area contributed by atoms with Crippen LogP contribution in [0.5, 0.6) is 0 Å². The standard InChI is InChI=1S/C30H27ClFN3O4/c1-18(19-7-5-4-6-8-19)39-29(37)34-27-24(17-33-35(27)2)23-15-25(31)22(16-26(23)32)20-9-11-21(12-10-20)30(13-14-30)28(36)38-3/h4-12,15-18H,13-14H2,1-3H3,(H,34,37). The van der Waals surface area contributed by atoms with Crippen LogP contribution in [0.3, 0.4) is 0 Å². The van der Waals surface area contributed by atoms with E-state index in [-0.39, 0.29) is 17.4 Å². The van der Waals surface area contributed by atoms with E-state index < -0.39 is 23.4 Å². The number of methoxy groups -OCH3 is 1. The van der Waals surface area contributed by atoms with Gasteiger partial charge in [-0.2, -0.15) is 5.10 Å². The maximum Gasteiger partial charge on any atom is 0.413 e. The molecule has 0 bridgehead atoms. The summed E-state index contributed by atoms with van der Waals surface area (Å²) in [5, 5.41) is 7.20. The lowest BCUT2D eigenvalue weighted by Gasteiger charge is -2.16. The van der Waals surface area contributed by atoms with E-state index in [1.54, 1.807) is 14.0 Å². The van der Waals surface area contributed by atoms with E-state index in [1.807, 2.05) is 54.6 Å². The third kappa shape index (κ3) is 5.12. The summed E-state index contributed by atoms with van der Waals surface area (Å²) >= 11 is 6.62. The molecule has 1 aliphatic carbocycles. The van der Waals surface area contributed by atoms with Gasteiger partial charge in [0.05, 0.1) is 18.7 Å². The number of anilines is 1. The lowest BCUT2D eigenvalue weighted by atomic mass is 9.93. The molecular weight excluding hydrogens is 521 g/mol. The summed E-state index contributed by atoms with van der Waals surface area (Å²) in [6.07, 6.45) is 1.76. The summed E-state index contributed by atoms with van der Waals surface area (Å²) in [6.45, 7) is 1.77. The number of hydrogen-bond acceptors (Lipinski definition) is 5. The molecule has 5 rings (SSSR count). The van der Waals surface area contributed by atoms with Gasteiger partial charge in [-0.3, -0.25) is 14.8 Å². The van der Waals surface area contributed by atoms with Crippen LogP contribution in [0.1, 0.15) is 37.0 Å². The summed E-state index contributed by atoms with van der Waals surface area (Å²) < 4.78 is 27.4. The first-order valence-electron chi connectivity index (χ1n) is 12.5. The predicted molar refractivity (Wildman–Crippen MR) is 147 cm³/mol. The van der Waals surface area contributed by atoms with E-state index >= 15 is 4.39 Å². The number of esters is 1. The molecule has 1 saturated carbocycles. The molecule has 39 heavy (non-hydrogen) atoms. The summed E-state index contributed by atoms with van der Waals surface area (Å²) in [5.74, 6) is -0.512. The Bertz CT molecular complexity index is 1530. The first kappa shape index (κ1) is 26.4. The first-order chi connectivity index (χ1) is 18.7. The van der Waals surface area contributed by atoms with Crippen molar-refractivity contribution in [2.24, 2.45) is 7.05 Å². The zero-order valence-electron chi connectivity index (χ0n) is 21.7. The molecule has 0 spiro atoms. The fraction of sp³-hybridized carbons (Fsp3) is 0.233. The van der Waals surface area contributed by atoms with Crippen LogP contribution in [0.25, 0.3) is 22.3 Å². The van der Waals surface area contributed by atoms with Crippen LogP contribution < -0.4 is 5.32 Å². The van der Waals surface area contributed by atoms with Gasteiger partial charge in [0.1, 0.15) is 17.7 Å². The van der Waals surface area contributed by atoms with Crippen molar-refractivity contribution in [1.29, 1.82) is 0 Å². The van der Waals surface area contributed by atoms with Crippen molar-refractivity contribution in [2.45, 2.75) is 31.3 Å². The molecule has 200 valence electrons.